The highest BCUT2D eigenvalue weighted by atomic mass is 19.1. The van der Waals surface area contributed by atoms with Gasteiger partial charge < -0.3 is 14.1 Å². The van der Waals surface area contributed by atoms with Gasteiger partial charge in [0.1, 0.15) is 11.4 Å². The number of fused-ring (bicyclic) bond motifs is 1. The van der Waals surface area contributed by atoms with E-state index in [9.17, 15) is 14.0 Å². The van der Waals surface area contributed by atoms with E-state index in [0.29, 0.717) is 22.1 Å². The molecular weight excluding hydrogens is 337 g/mol. The Labute approximate surface area is 150 Å². The molecule has 1 unspecified atom stereocenters. The molecule has 1 aromatic heterocycles. The minimum atomic E-state index is -1.09. The number of carbonyl (C=O) groups excluding carboxylic acids is 2. The highest BCUT2D eigenvalue weighted by molar-refractivity contribution is 5.97. The number of hydrogen-bond donors (Lipinski definition) is 0. The zero-order chi connectivity index (χ0) is 18.8. The summed E-state index contributed by atoms with van der Waals surface area (Å²) in [5, 5.41) is 0.493. The third-order valence-electron chi connectivity index (χ3n) is 4.08. The molecule has 0 aliphatic rings. The van der Waals surface area contributed by atoms with E-state index >= 15 is 0 Å². The number of amides is 1. The molecule has 3 rings (SSSR count). The Balaban J connectivity index is 1.96. The fourth-order valence-corrected chi connectivity index (χ4v) is 2.67. The molecule has 0 spiro atoms. The van der Waals surface area contributed by atoms with Crippen LogP contribution in [-0.2, 0) is 9.53 Å². The van der Waals surface area contributed by atoms with Crippen LogP contribution in [0, 0.1) is 12.7 Å². The van der Waals surface area contributed by atoms with Gasteiger partial charge in [0, 0.05) is 30.6 Å². The maximum Gasteiger partial charge on any atom is 0.375 e. The summed E-state index contributed by atoms with van der Waals surface area (Å²) in [5.74, 6) is -1.61. The lowest BCUT2D eigenvalue weighted by atomic mass is 10.1. The molecule has 6 heteroatoms. The summed E-state index contributed by atoms with van der Waals surface area (Å²) in [5.41, 5.74) is 1.40. The zero-order valence-corrected chi connectivity index (χ0v) is 14.7. The predicted octanol–water partition coefficient (Wildman–Crippen LogP) is 3.87. The third-order valence-corrected chi connectivity index (χ3v) is 4.08. The monoisotopic (exact) mass is 355 g/mol. The maximum absolute atomic E-state index is 13.4. The molecule has 0 saturated heterocycles. The molecule has 5 nitrogen and oxygen atoms in total. The number of furan rings is 1. The topological polar surface area (TPSA) is 59.8 Å². The first-order valence-corrected chi connectivity index (χ1v) is 8.04. The van der Waals surface area contributed by atoms with Gasteiger partial charge in [-0.25, -0.2) is 9.18 Å². The van der Waals surface area contributed by atoms with E-state index in [0.717, 1.165) is 0 Å². The lowest BCUT2D eigenvalue weighted by molar-refractivity contribution is -0.138. The number of nitrogens with zero attached hydrogens (tertiary/aromatic N) is 1. The van der Waals surface area contributed by atoms with Crippen LogP contribution in [0.5, 0.6) is 0 Å². The van der Waals surface area contributed by atoms with Crippen LogP contribution in [0.3, 0.4) is 0 Å². The second-order valence-electron chi connectivity index (χ2n) is 6.13. The van der Waals surface area contributed by atoms with Crippen LogP contribution >= 0.6 is 0 Å². The quantitative estimate of drug-likeness (QED) is 0.667. The molecule has 3 aromatic rings. The van der Waals surface area contributed by atoms with Gasteiger partial charge in [0.25, 0.3) is 5.91 Å². The number of esters is 1. The van der Waals surface area contributed by atoms with Crippen LogP contribution in [0.2, 0.25) is 0 Å². The van der Waals surface area contributed by atoms with Crippen LogP contribution in [0.1, 0.15) is 27.8 Å². The van der Waals surface area contributed by atoms with Gasteiger partial charge >= 0.3 is 5.97 Å². The highest BCUT2D eigenvalue weighted by Gasteiger charge is 2.29. The average molecular weight is 355 g/mol. The molecule has 2 aromatic carbocycles. The standard InChI is InChI=1S/C20H18FNO4/c1-12-15-11-14(21)9-10-16(15)25-17(12)20(24)26-18(19(23)22(2)3)13-7-5-4-6-8-13/h4-11,18H,1-3H3. The summed E-state index contributed by atoms with van der Waals surface area (Å²) in [6, 6.07) is 12.7. The fraction of sp³-hybridized carbons (Fsp3) is 0.200. The summed E-state index contributed by atoms with van der Waals surface area (Å²) in [6.07, 6.45) is -1.09. The summed E-state index contributed by atoms with van der Waals surface area (Å²) < 4.78 is 24.4. The third kappa shape index (κ3) is 3.31. The molecule has 1 heterocycles. The fourth-order valence-electron chi connectivity index (χ4n) is 2.67. The average Bonchev–Trinajstić information content (AvgIpc) is 2.96. The zero-order valence-electron chi connectivity index (χ0n) is 14.7. The van der Waals surface area contributed by atoms with Gasteiger partial charge in [-0.3, -0.25) is 4.79 Å². The molecule has 0 aliphatic heterocycles. The molecule has 0 fully saturated rings. The lowest BCUT2D eigenvalue weighted by Gasteiger charge is -2.20. The number of likely N-dealkylation sites (N-methyl/N-ethyl adjacent to an activating group) is 1. The maximum atomic E-state index is 13.4. The number of halogens is 1. The molecule has 0 saturated carbocycles. The summed E-state index contributed by atoms with van der Waals surface area (Å²) >= 11 is 0. The van der Waals surface area contributed by atoms with Crippen molar-refractivity contribution in [3.05, 3.63) is 71.2 Å². The van der Waals surface area contributed by atoms with Crippen LogP contribution in [0.25, 0.3) is 11.0 Å². The van der Waals surface area contributed by atoms with E-state index in [1.54, 1.807) is 51.4 Å². The van der Waals surface area contributed by atoms with Gasteiger partial charge in [-0.05, 0) is 25.1 Å². The Morgan fingerprint density at radius 2 is 1.81 bits per heavy atom. The SMILES string of the molecule is Cc1c(C(=O)OC(C(=O)N(C)C)c2ccccc2)oc2ccc(F)cc12. The van der Waals surface area contributed by atoms with Crippen molar-refractivity contribution in [1.82, 2.24) is 4.90 Å². The summed E-state index contributed by atoms with van der Waals surface area (Å²) in [4.78, 5) is 26.5. The van der Waals surface area contributed by atoms with E-state index < -0.39 is 17.9 Å². The Morgan fingerprint density at radius 1 is 1.12 bits per heavy atom. The van der Waals surface area contributed by atoms with E-state index in [2.05, 4.69) is 0 Å². The van der Waals surface area contributed by atoms with Crippen LogP contribution in [0.4, 0.5) is 4.39 Å². The first-order chi connectivity index (χ1) is 12.4. The molecule has 26 heavy (non-hydrogen) atoms. The molecule has 0 radical (unpaired) electrons. The first kappa shape index (κ1) is 17.7. The second-order valence-corrected chi connectivity index (χ2v) is 6.13. The van der Waals surface area contributed by atoms with E-state index in [1.165, 1.54) is 23.1 Å². The Bertz CT molecular complexity index is 963. The first-order valence-electron chi connectivity index (χ1n) is 8.04. The molecular formula is C20H18FNO4. The van der Waals surface area contributed by atoms with Crippen molar-refractivity contribution in [2.75, 3.05) is 14.1 Å². The van der Waals surface area contributed by atoms with E-state index in [1.807, 2.05) is 0 Å². The highest BCUT2D eigenvalue weighted by Crippen LogP contribution is 2.28. The smallest absolute Gasteiger partial charge is 0.375 e. The Hall–Kier alpha value is -3.15. The minimum Gasteiger partial charge on any atom is -0.449 e. The van der Waals surface area contributed by atoms with Crippen molar-refractivity contribution in [2.45, 2.75) is 13.0 Å². The molecule has 0 bridgehead atoms. The van der Waals surface area contributed by atoms with Gasteiger partial charge in [-0.1, -0.05) is 30.3 Å². The number of benzene rings is 2. The predicted molar refractivity (Wildman–Crippen MR) is 94.2 cm³/mol. The Kier molecular flexibility index (Phi) is 4.75. The molecule has 0 aliphatic carbocycles. The van der Waals surface area contributed by atoms with Gasteiger partial charge in [0.15, 0.2) is 0 Å². The van der Waals surface area contributed by atoms with Gasteiger partial charge in [0.05, 0.1) is 0 Å². The number of hydrogen-bond acceptors (Lipinski definition) is 4. The van der Waals surface area contributed by atoms with Gasteiger partial charge in [-0.15, -0.1) is 0 Å². The molecule has 134 valence electrons. The minimum absolute atomic E-state index is 0.0434. The largest absolute Gasteiger partial charge is 0.449 e. The molecule has 1 amide bonds. The number of ether oxygens (including phenoxy) is 1. The molecule has 0 N–H and O–H groups in total. The van der Waals surface area contributed by atoms with Crippen molar-refractivity contribution < 1.29 is 23.1 Å². The van der Waals surface area contributed by atoms with Crippen LogP contribution in [0.15, 0.2) is 52.9 Å². The lowest BCUT2D eigenvalue weighted by Crippen LogP contribution is -2.31. The Morgan fingerprint density at radius 3 is 2.46 bits per heavy atom. The second kappa shape index (κ2) is 7.00. The van der Waals surface area contributed by atoms with E-state index in [-0.39, 0.29) is 11.7 Å². The van der Waals surface area contributed by atoms with Crippen molar-refractivity contribution in [3.8, 4) is 0 Å². The van der Waals surface area contributed by atoms with Gasteiger partial charge in [-0.2, -0.15) is 0 Å². The van der Waals surface area contributed by atoms with Crippen LogP contribution < -0.4 is 0 Å². The van der Waals surface area contributed by atoms with Crippen molar-refractivity contribution in [1.29, 1.82) is 0 Å². The number of rotatable bonds is 4. The molecule has 1 atom stereocenters. The van der Waals surface area contributed by atoms with Gasteiger partial charge in [0.2, 0.25) is 11.9 Å². The van der Waals surface area contributed by atoms with E-state index in [4.69, 9.17) is 9.15 Å². The number of aryl methyl sites for hydroxylation is 1. The van der Waals surface area contributed by atoms with Crippen molar-refractivity contribution >= 4 is 22.8 Å². The number of carbonyl (C=O) groups is 2. The van der Waals surface area contributed by atoms with Crippen molar-refractivity contribution in [3.63, 3.8) is 0 Å². The summed E-state index contributed by atoms with van der Waals surface area (Å²) in [7, 11) is 3.17. The van der Waals surface area contributed by atoms with Crippen LogP contribution in [-0.4, -0.2) is 30.9 Å². The van der Waals surface area contributed by atoms with Crippen molar-refractivity contribution in [2.24, 2.45) is 0 Å². The normalized spacial score (nSPS) is 12.0. The summed E-state index contributed by atoms with van der Waals surface area (Å²) in [6.45, 7) is 1.65.